The summed E-state index contributed by atoms with van der Waals surface area (Å²) in [5.41, 5.74) is 1.21. The van der Waals surface area contributed by atoms with E-state index in [2.05, 4.69) is 21.3 Å². The van der Waals surface area contributed by atoms with Gasteiger partial charge in [-0.25, -0.2) is 4.79 Å². The van der Waals surface area contributed by atoms with Crippen LogP contribution in [0.2, 0.25) is 0 Å². The number of methoxy groups -OCH3 is 1. The van der Waals surface area contributed by atoms with Crippen LogP contribution in [-0.4, -0.2) is 51.3 Å². The topological polar surface area (TPSA) is 91.5 Å². The molecule has 3 amide bonds. The van der Waals surface area contributed by atoms with Crippen molar-refractivity contribution in [1.82, 2.24) is 16.0 Å². The van der Waals surface area contributed by atoms with Crippen LogP contribution in [0.5, 0.6) is 0 Å². The second-order valence-electron chi connectivity index (χ2n) is 7.20. The summed E-state index contributed by atoms with van der Waals surface area (Å²) in [4.78, 5) is 24.1. The lowest BCUT2D eigenvalue weighted by atomic mass is 9.79. The summed E-state index contributed by atoms with van der Waals surface area (Å²) in [5, 5.41) is 11.9. The molecule has 1 aliphatic heterocycles. The number of benzene rings is 1. The first-order chi connectivity index (χ1) is 12.4. The fourth-order valence-corrected chi connectivity index (χ4v) is 3.14. The number of hydrogen-bond acceptors (Lipinski definition) is 4. The standard InChI is InChI=1S/C19H30N4O3.ClH/c1-14(2)22-18(25)23-16-6-4-15(5-7-16)17(24)21-12-19(13-26-3)8-10-20-11-9-19;/h4-7,14,20H,8-13H2,1-3H3,(H,21,24)(H2,22,23,25);1H. The molecule has 1 aromatic carbocycles. The van der Waals surface area contributed by atoms with Crippen LogP contribution in [0, 0.1) is 5.41 Å². The monoisotopic (exact) mass is 398 g/mol. The van der Waals surface area contributed by atoms with Gasteiger partial charge in [-0.15, -0.1) is 12.4 Å². The maximum absolute atomic E-state index is 12.4. The highest BCUT2D eigenvalue weighted by atomic mass is 35.5. The van der Waals surface area contributed by atoms with Gasteiger partial charge in [-0.2, -0.15) is 0 Å². The van der Waals surface area contributed by atoms with Gasteiger partial charge in [0, 0.05) is 36.4 Å². The molecule has 1 aliphatic rings. The van der Waals surface area contributed by atoms with Crippen molar-refractivity contribution < 1.29 is 14.3 Å². The number of anilines is 1. The largest absolute Gasteiger partial charge is 0.384 e. The molecule has 27 heavy (non-hydrogen) atoms. The van der Waals surface area contributed by atoms with Crippen LogP contribution >= 0.6 is 12.4 Å². The predicted molar refractivity (Wildman–Crippen MR) is 110 cm³/mol. The van der Waals surface area contributed by atoms with E-state index >= 15 is 0 Å². The summed E-state index contributed by atoms with van der Waals surface area (Å²) in [6.07, 6.45) is 1.96. The quantitative estimate of drug-likeness (QED) is 0.567. The van der Waals surface area contributed by atoms with Gasteiger partial charge in [0.25, 0.3) is 5.91 Å². The molecule has 1 fully saturated rings. The van der Waals surface area contributed by atoms with E-state index in [1.54, 1.807) is 31.4 Å². The van der Waals surface area contributed by atoms with E-state index in [9.17, 15) is 9.59 Å². The van der Waals surface area contributed by atoms with Crippen molar-refractivity contribution in [3.05, 3.63) is 29.8 Å². The molecule has 0 unspecified atom stereocenters. The van der Waals surface area contributed by atoms with E-state index in [-0.39, 0.29) is 35.8 Å². The molecule has 0 aromatic heterocycles. The SMILES string of the molecule is COCC1(CNC(=O)c2ccc(NC(=O)NC(C)C)cc2)CCNCC1.Cl. The second kappa shape index (κ2) is 11.1. The van der Waals surface area contributed by atoms with Gasteiger partial charge in [0.15, 0.2) is 0 Å². The fraction of sp³-hybridized carbons (Fsp3) is 0.579. The Kier molecular flexibility index (Phi) is 9.55. The number of amides is 3. The number of urea groups is 1. The first-order valence-corrected chi connectivity index (χ1v) is 9.09. The molecule has 0 atom stereocenters. The van der Waals surface area contributed by atoms with Crippen LogP contribution < -0.4 is 21.3 Å². The molecule has 2 rings (SSSR count). The molecule has 7 nitrogen and oxygen atoms in total. The Morgan fingerprint density at radius 3 is 2.37 bits per heavy atom. The number of ether oxygens (including phenoxy) is 1. The number of carbonyl (C=O) groups excluding carboxylic acids is 2. The van der Waals surface area contributed by atoms with E-state index in [1.807, 2.05) is 13.8 Å². The lowest BCUT2D eigenvalue weighted by molar-refractivity contribution is 0.0512. The average Bonchev–Trinajstić information content (AvgIpc) is 2.61. The van der Waals surface area contributed by atoms with E-state index in [0.29, 0.717) is 24.4 Å². The predicted octanol–water partition coefficient (Wildman–Crippen LogP) is 2.38. The molecule has 1 aromatic rings. The molecule has 8 heteroatoms. The van der Waals surface area contributed by atoms with Gasteiger partial charge in [0.1, 0.15) is 0 Å². The van der Waals surface area contributed by atoms with Crippen molar-refractivity contribution in [2.45, 2.75) is 32.7 Å². The molecular weight excluding hydrogens is 368 g/mol. The van der Waals surface area contributed by atoms with Gasteiger partial charge in [0.2, 0.25) is 0 Å². The summed E-state index contributed by atoms with van der Waals surface area (Å²) >= 11 is 0. The summed E-state index contributed by atoms with van der Waals surface area (Å²) in [7, 11) is 1.70. The normalized spacial score (nSPS) is 15.6. The number of carbonyl (C=O) groups is 2. The minimum absolute atomic E-state index is 0. The first-order valence-electron chi connectivity index (χ1n) is 9.09. The Labute approximate surface area is 167 Å². The Hall–Kier alpha value is -1.83. The third-order valence-corrected chi connectivity index (χ3v) is 4.56. The van der Waals surface area contributed by atoms with Crippen molar-refractivity contribution in [3.63, 3.8) is 0 Å². The number of nitrogens with one attached hydrogen (secondary N) is 4. The van der Waals surface area contributed by atoms with Crippen molar-refractivity contribution in [3.8, 4) is 0 Å². The molecule has 152 valence electrons. The lowest BCUT2D eigenvalue weighted by Crippen LogP contribution is -2.47. The van der Waals surface area contributed by atoms with Crippen LogP contribution in [0.15, 0.2) is 24.3 Å². The number of rotatable bonds is 7. The van der Waals surface area contributed by atoms with Crippen molar-refractivity contribution >= 4 is 30.0 Å². The van der Waals surface area contributed by atoms with Crippen LogP contribution in [-0.2, 0) is 4.74 Å². The molecule has 0 bridgehead atoms. The van der Waals surface area contributed by atoms with Gasteiger partial charge in [0.05, 0.1) is 6.61 Å². The van der Waals surface area contributed by atoms with E-state index < -0.39 is 0 Å². The highest BCUT2D eigenvalue weighted by molar-refractivity contribution is 5.95. The van der Waals surface area contributed by atoms with Crippen LogP contribution in [0.1, 0.15) is 37.0 Å². The van der Waals surface area contributed by atoms with Crippen molar-refractivity contribution in [1.29, 1.82) is 0 Å². The second-order valence-corrected chi connectivity index (χ2v) is 7.20. The van der Waals surface area contributed by atoms with Gasteiger partial charge < -0.3 is 26.0 Å². The molecule has 1 heterocycles. The third-order valence-electron chi connectivity index (χ3n) is 4.56. The molecule has 0 radical (unpaired) electrons. The minimum Gasteiger partial charge on any atom is -0.384 e. The number of halogens is 1. The Morgan fingerprint density at radius 1 is 1.19 bits per heavy atom. The van der Waals surface area contributed by atoms with E-state index in [0.717, 1.165) is 25.9 Å². The third kappa shape index (κ3) is 7.36. The molecular formula is C19H31ClN4O3. The van der Waals surface area contributed by atoms with Gasteiger partial charge in [-0.3, -0.25) is 4.79 Å². The number of hydrogen-bond donors (Lipinski definition) is 4. The van der Waals surface area contributed by atoms with Crippen LogP contribution in [0.25, 0.3) is 0 Å². The summed E-state index contributed by atoms with van der Waals surface area (Å²) in [6, 6.07) is 6.69. The number of piperidine rings is 1. The van der Waals surface area contributed by atoms with Gasteiger partial charge in [-0.05, 0) is 64.0 Å². The maximum atomic E-state index is 12.4. The Morgan fingerprint density at radius 2 is 1.81 bits per heavy atom. The molecule has 0 aliphatic carbocycles. The highest BCUT2D eigenvalue weighted by Crippen LogP contribution is 2.28. The molecule has 0 spiro atoms. The van der Waals surface area contributed by atoms with E-state index in [1.165, 1.54) is 0 Å². The molecule has 0 saturated carbocycles. The van der Waals surface area contributed by atoms with E-state index in [4.69, 9.17) is 4.74 Å². The molecule has 1 saturated heterocycles. The maximum Gasteiger partial charge on any atom is 0.319 e. The smallest absolute Gasteiger partial charge is 0.319 e. The summed E-state index contributed by atoms with van der Waals surface area (Å²) in [6.45, 7) is 6.91. The first kappa shape index (κ1) is 23.2. The zero-order valence-electron chi connectivity index (χ0n) is 16.3. The summed E-state index contributed by atoms with van der Waals surface area (Å²) < 4.78 is 5.38. The lowest BCUT2D eigenvalue weighted by Gasteiger charge is -2.37. The summed E-state index contributed by atoms with van der Waals surface area (Å²) in [5.74, 6) is -0.114. The zero-order valence-corrected chi connectivity index (χ0v) is 17.1. The van der Waals surface area contributed by atoms with Gasteiger partial charge in [-0.1, -0.05) is 0 Å². The van der Waals surface area contributed by atoms with Crippen LogP contribution in [0.4, 0.5) is 10.5 Å². The highest BCUT2D eigenvalue weighted by Gasteiger charge is 2.32. The fourth-order valence-electron chi connectivity index (χ4n) is 3.14. The van der Waals surface area contributed by atoms with Crippen LogP contribution in [0.3, 0.4) is 0 Å². The zero-order chi connectivity index (χ0) is 19.0. The average molecular weight is 399 g/mol. The van der Waals surface area contributed by atoms with Crippen molar-refractivity contribution in [2.24, 2.45) is 5.41 Å². The van der Waals surface area contributed by atoms with Gasteiger partial charge >= 0.3 is 6.03 Å². The Bertz CT molecular complexity index is 596. The Balaban J connectivity index is 0.00000364. The van der Waals surface area contributed by atoms with Crippen molar-refractivity contribution in [2.75, 3.05) is 38.7 Å². The minimum atomic E-state index is -0.260. The molecule has 4 N–H and O–H groups in total.